The topological polar surface area (TPSA) is 55.8 Å². The van der Waals surface area contributed by atoms with Gasteiger partial charge < -0.3 is 14.6 Å². The van der Waals surface area contributed by atoms with E-state index in [2.05, 4.69) is 0 Å². The number of hydrogen-bond acceptors (Lipinski definition) is 3. The third kappa shape index (κ3) is 5.37. The average Bonchev–Trinajstić information content (AvgIpc) is 3.54. The third-order valence-electron chi connectivity index (χ3n) is 6.44. The van der Waals surface area contributed by atoms with Crippen molar-refractivity contribution in [2.45, 2.75) is 50.8 Å². The molecule has 2 aliphatic carbocycles. The second kappa shape index (κ2) is 9.04. The van der Waals surface area contributed by atoms with Gasteiger partial charge in [0.1, 0.15) is 11.5 Å². The molecule has 2 aromatic carbocycles. The molecule has 0 aliphatic heterocycles. The Morgan fingerprint density at radius 2 is 1.78 bits per heavy atom. The summed E-state index contributed by atoms with van der Waals surface area (Å²) in [5.41, 5.74) is 0.287. The minimum atomic E-state index is -4.38. The lowest BCUT2D eigenvalue weighted by Crippen LogP contribution is -2.37. The van der Waals surface area contributed by atoms with Crippen LogP contribution in [0.1, 0.15) is 49.7 Å². The number of rotatable bonds is 9. The van der Waals surface area contributed by atoms with E-state index in [9.17, 15) is 23.1 Å². The number of alkyl halides is 3. The van der Waals surface area contributed by atoms with Crippen molar-refractivity contribution >= 4 is 5.97 Å². The maximum absolute atomic E-state index is 12.8. The Bertz CT molecular complexity index is 948. The lowest BCUT2D eigenvalue weighted by atomic mass is 9.82. The van der Waals surface area contributed by atoms with Crippen molar-refractivity contribution in [1.29, 1.82) is 0 Å². The standard InChI is InChI=1S/C25H27F3O4/c1-15(24(29)30)23(17-8-9-17)18-4-2-6-20(12-18)31-14-16-10-22(11-16)32-21-7-3-5-19(13-21)25(26,27)28/h2-7,12-13,15-17,22-23H,8-11,14H2,1H3,(H,29,30)/t15-,16?,22?,23-/m0/s1. The van der Waals surface area contributed by atoms with E-state index in [0.29, 0.717) is 18.3 Å². The molecule has 32 heavy (non-hydrogen) atoms. The summed E-state index contributed by atoms with van der Waals surface area (Å²) in [4.78, 5) is 11.5. The molecule has 172 valence electrons. The molecule has 2 fully saturated rings. The molecule has 0 unspecified atom stereocenters. The lowest BCUT2D eigenvalue weighted by molar-refractivity contribution is -0.142. The van der Waals surface area contributed by atoms with Gasteiger partial charge in [0.25, 0.3) is 0 Å². The predicted octanol–water partition coefficient (Wildman–Crippen LogP) is 6.16. The van der Waals surface area contributed by atoms with Gasteiger partial charge >= 0.3 is 12.1 Å². The van der Waals surface area contributed by atoms with E-state index in [1.165, 1.54) is 6.07 Å². The molecule has 2 aliphatic rings. The van der Waals surface area contributed by atoms with E-state index in [-0.39, 0.29) is 23.7 Å². The minimum absolute atomic E-state index is 0.00926. The molecule has 0 saturated heterocycles. The van der Waals surface area contributed by atoms with Crippen LogP contribution in [0.4, 0.5) is 13.2 Å². The Hall–Kier alpha value is -2.70. The van der Waals surface area contributed by atoms with Gasteiger partial charge in [-0.05, 0) is 79.3 Å². The van der Waals surface area contributed by atoms with Crippen molar-refractivity contribution in [2.24, 2.45) is 17.8 Å². The van der Waals surface area contributed by atoms with E-state index in [4.69, 9.17) is 9.47 Å². The van der Waals surface area contributed by atoms with Crippen LogP contribution in [0.25, 0.3) is 0 Å². The van der Waals surface area contributed by atoms with E-state index in [1.54, 1.807) is 13.0 Å². The van der Waals surface area contributed by atoms with Crippen molar-refractivity contribution in [3.63, 3.8) is 0 Å². The smallest absolute Gasteiger partial charge is 0.416 e. The number of ether oxygens (including phenoxy) is 2. The van der Waals surface area contributed by atoms with Crippen molar-refractivity contribution in [1.82, 2.24) is 0 Å². The van der Waals surface area contributed by atoms with Gasteiger partial charge in [-0.15, -0.1) is 0 Å². The molecule has 2 aromatic rings. The zero-order valence-corrected chi connectivity index (χ0v) is 17.8. The van der Waals surface area contributed by atoms with Crippen LogP contribution in [0.3, 0.4) is 0 Å². The zero-order valence-electron chi connectivity index (χ0n) is 17.8. The molecule has 0 aromatic heterocycles. The highest BCUT2D eigenvalue weighted by Gasteiger charge is 2.39. The SMILES string of the molecule is C[C@H](C(=O)O)[C@H](c1cccc(OCC2CC(Oc3cccc(C(F)(F)F)c3)C2)c1)C1CC1. The Morgan fingerprint density at radius 1 is 1.09 bits per heavy atom. The first-order valence-electron chi connectivity index (χ1n) is 11.0. The second-order valence-electron chi connectivity index (χ2n) is 8.98. The number of aliphatic carboxylic acids is 1. The van der Waals surface area contributed by atoms with E-state index < -0.39 is 23.6 Å². The molecular weight excluding hydrogens is 421 g/mol. The number of carboxylic acid groups (broad SMARTS) is 1. The van der Waals surface area contributed by atoms with Crippen LogP contribution in [0.15, 0.2) is 48.5 Å². The molecule has 4 nitrogen and oxygen atoms in total. The van der Waals surface area contributed by atoms with Gasteiger partial charge in [-0.1, -0.05) is 25.1 Å². The van der Waals surface area contributed by atoms with Gasteiger partial charge in [-0.2, -0.15) is 13.2 Å². The normalized spacial score (nSPS) is 22.5. The van der Waals surface area contributed by atoms with Crippen LogP contribution in [0, 0.1) is 17.8 Å². The summed E-state index contributed by atoms with van der Waals surface area (Å²) >= 11 is 0. The first-order chi connectivity index (χ1) is 15.2. The zero-order chi connectivity index (χ0) is 22.9. The number of halogens is 3. The van der Waals surface area contributed by atoms with Crippen molar-refractivity contribution in [3.05, 3.63) is 59.7 Å². The number of benzene rings is 2. The predicted molar refractivity (Wildman–Crippen MR) is 113 cm³/mol. The van der Waals surface area contributed by atoms with Crippen molar-refractivity contribution in [3.8, 4) is 11.5 Å². The van der Waals surface area contributed by atoms with Gasteiger partial charge in [0, 0.05) is 0 Å². The Kier molecular flexibility index (Phi) is 6.35. The Balaban J connectivity index is 1.28. The quantitative estimate of drug-likeness (QED) is 0.499. The van der Waals surface area contributed by atoms with Gasteiger partial charge in [-0.25, -0.2) is 0 Å². The lowest BCUT2D eigenvalue weighted by Gasteiger charge is -2.35. The number of carboxylic acids is 1. The molecule has 1 N–H and O–H groups in total. The van der Waals surface area contributed by atoms with Gasteiger partial charge in [0.2, 0.25) is 0 Å². The third-order valence-corrected chi connectivity index (χ3v) is 6.44. The molecule has 0 amide bonds. The highest BCUT2D eigenvalue weighted by Crippen LogP contribution is 2.47. The monoisotopic (exact) mass is 448 g/mol. The van der Waals surface area contributed by atoms with E-state index in [1.807, 2.05) is 24.3 Å². The Morgan fingerprint density at radius 3 is 2.44 bits per heavy atom. The number of carbonyl (C=O) groups is 1. The van der Waals surface area contributed by atoms with Crippen LogP contribution < -0.4 is 9.47 Å². The molecule has 4 rings (SSSR count). The second-order valence-corrected chi connectivity index (χ2v) is 8.98. The molecule has 0 spiro atoms. The van der Waals surface area contributed by atoms with E-state index in [0.717, 1.165) is 43.4 Å². The summed E-state index contributed by atoms with van der Waals surface area (Å²) in [6, 6.07) is 12.6. The fourth-order valence-corrected chi connectivity index (χ4v) is 4.45. The van der Waals surface area contributed by atoms with Crippen LogP contribution in [-0.4, -0.2) is 23.8 Å². The maximum atomic E-state index is 12.8. The van der Waals surface area contributed by atoms with Crippen molar-refractivity contribution in [2.75, 3.05) is 6.61 Å². The summed E-state index contributed by atoms with van der Waals surface area (Å²) in [7, 11) is 0. The first kappa shape index (κ1) is 22.5. The highest BCUT2D eigenvalue weighted by molar-refractivity contribution is 5.71. The van der Waals surface area contributed by atoms with Crippen LogP contribution in [-0.2, 0) is 11.0 Å². The summed E-state index contributed by atoms with van der Waals surface area (Å²) in [5, 5.41) is 9.46. The molecule has 0 bridgehead atoms. The van der Waals surface area contributed by atoms with E-state index >= 15 is 0 Å². The molecule has 2 atom stereocenters. The summed E-state index contributed by atoms with van der Waals surface area (Å²) in [5.74, 6) is 0.393. The van der Waals surface area contributed by atoms with Crippen LogP contribution in [0.5, 0.6) is 11.5 Å². The summed E-state index contributed by atoms with van der Waals surface area (Å²) < 4.78 is 50.1. The number of hydrogen-bond donors (Lipinski definition) is 1. The van der Waals surface area contributed by atoms with Gasteiger partial charge in [0.15, 0.2) is 0 Å². The largest absolute Gasteiger partial charge is 0.493 e. The fourth-order valence-electron chi connectivity index (χ4n) is 4.45. The fraction of sp³-hybridized carbons (Fsp3) is 0.480. The van der Waals surface area contributed by atoms with Crippen LogP contribution in [0.2, 0.25) is 0 Å². The molecule has 0 heterocycles. The van der Waals surface area contributed by atoms with Gasteiger partial charge in [0.05, 0.1) is 24.2 Å². The first-order valence-corrected chi connectivity index (χ1v) is 11.0. The molecule has 7 heteroatoms. The van der Waals surface area contributed by atoms with Crippen LogP contribution >= 0.6 is 0 Å². The highest BCUT2D eigenvalue weighted by atomic mass is 19.4. The summed E-state index contributed by atoms with van der Waals surface area (Å²) in [6.45, 7) is 2.26. The molecule has 2 saturated carbocycles. The summed E-state index contributed by atoms with van der Waals surface area (Å²) in [6.07, 6.45) is -0.946. The van der Waals surface area contributed by atoms with Gasteiger partial charge in [-0.3, -0.25) is 4.79 Å². The Labute approximate surface area is 185 Å². The minimum Gasteiger partial charge on any atom is -0.493 e. The average molecular weight is 448 g/mol. The maximum Gasteiger partial charge on any atom is 0.416 e. The van der Waals surface area contributed by atoms with Crippen molar-refractivity contribution < 1.29 is 32.5 Å². The molecule has 0 radical (unpaired) electrons. The molecular formula is C25H27F3O4.